The highest BCUT2D eigenvalue weighted by Gasteiger charge is 2.15. The summed E-state index contributed by atoms with van der Waals surface area (Å²) in [6.07, 6.45) is 0. The normalized spacial score (nSPS) is 10.4. The number of nitriles is 1. The molecule has 0 unspecified atom stereocenters. The minimum absolute atomic E-state index is 0.140. The smallest absolute Gasteiger partial charge is 0.214 e. The van der Waals surface area contributed by atoms with Crippen LogP contribution in [0.3, 0.4) is 0 Å². The zero-order chi connectivity index (χ0) is 22.5. The molecule has 0 saturated heterocycles. The number of halogens is 1. The molecular formula is C27H19BrN2O2. The molecule has 0 amide bonds. The number of Topliss-reactive ketones (excluding diaryl/α,β-unsaturated/α-hetero) is 1. The van der Waals surface area contributed by atoms with E-state index < -0.39 is 0 Å². The van der Waals surface area contributed by atoms with Crippen LogP contribution in [0, 0.1) is 18.3 Å². The summed E-state index contributed by atoms with van der Waals surface area (Å²) in [5.74, 6) is 0.164. The van der Waals surface area contributed by atoms with Gasteiger partial charge in [0, 0.05) is 21.7 Å². The highest BCUT2D eigenvalue weighted by molar-refractivity contribution is 9.10. The lowest BCUT2D eigenvalue weighted by Crippen LogP contribution is -2.12. The zero-order valence-corrected chi connectivity index (χ0v) is 19.0. The molecule has 4 nitrogen and oxygen atoms in total. The number of hydrogen-bond donors (Lipinski definition) is 0. The van der Waals surface area contributed by atoms with Gasteiger partial charge in [0.15, 0.2) is 12.4 Å². The highest BCUT2D eigenvalue weighted by Crippen LogP contribution is 2.33. The lowest BCUT2D eigenvalue weighted by molar-refractivity contribution is 0.0918. The van der Waals surface area contributed by atoms with Gasteiger partial charge < -0.3 is 4.74 Å². The van der Waals surface area contributed by atoms with Crippen LogP contribution in [-0.4, -0.2) is 17.4 Å². The van der Waals surface area contributed by atoms with Crippen LogP contribution in [0.25, 0.3) is 22.3 Å². The fourth-order valence-electron chi connectivity index (χ4n) is 3.45. The maximum atomic E-state index is 12.7. The van der Waals surface area contributed by atoms with Crippen molar-refractivity contribution in [2.75, 3.05) is 6.61 Å². The second-order valence-corrected chi connectivity index (χ2v) is 8.07. The van der Waals surface area contributed by atoms with Crippen molar-refractivity contribution in [2.45, 2.75) is 6.92 Å². The van der Waals surface area contributed by atoms with Crippen molar-refractivity contribution in [3.63, 3.8) is 0 Å². The van der Waals surface area contributed by atoms with Crippen LogP contribution in [-0.2, 0) is 0 Å². The summed E-state index contributed by atoms with van der Waals surface area (Å²) in [7, 11) is 0. The zero-order valence-electron chi connectivity index (χ0n) is 17.4. The lowest BCUT2D eigenvalue weighted by atomic mass is 10.00. The molecule has 5 heteroatoms. The molecule has 0 radical (unpaired) electrons. The quantitative estimate of drug-likeness (QED) is 0.289. The van der Waals surface area contributed by atoms with Crippen LogP contribution < -0.4 is 4.74 Å². The van der Waals surface area contributed by atoms with E-state index in [0.29, 0.717) is 28.3 Å². The van der Waals surface area contributed by atoms with Crippen molar-refractivity contribution in [2.24, 2.45) is 0 Å². The number of pyridine rings is 1. The first-order valence-electron chi connectivity index (χ1n) is 10.0. The summed E-state index contributed by atoms with van der Waals surface area (Å²) in [5.41, 5.74) is 5.32. The molecule has 0 spiro atoms. The molecule has 156 valence electrons. The van der Waals surface area contributed by atoms with Crippen LogP contribution in [0.5, 0.6) is 5.88 Å². The summed E-state index contributed by atoms with van der Waals surface area (Å²) >= 11 is 3.54. The summed E-state index contributed by atoms with van der Waals surface area (Å²) in [4.78, 5) is 17.0. The molecule has 0 aliphatic rings. The first-order valence-corrected chi connectivity index (χ1v) is 10.8. The van der Waals surface area contributed by atoms with Gasteiger partial charge in [-0.25, -0.2) is 4.98 Å². The Kier molecular flexibility index (Phi) is 6.44. The molecule has 0 fully saturated rings. The number of ether oxygens (including phenoxy) is 1. The number of aromatic nitrogens is 1. The van der Waals surface area contributed by atoms with Gasteiger partial charge in [-0.15, -0.1) is 0 Å². The van der Waals surface area contributed by atoms with Crippen molar-refractivity contribution in [3.8, 4) is 34.2 Å². The Labute approximate surface area is 195 Å². The van der Waals surface area contributed by atoms with Crippen LogP contribution >= 0.6 is 15.9 Å². The number of carbonyl (C=O) groups is 1. The second-order valence-electron chi connectivity index (χ2n) is 7.22. The summed E-state index contributed by atoms with van der Waals surface area (Å²) < 4.78 is 6.60. The number of nitrogens with zero attached hydrogens (tertiary/aromatic N) is 2. The Hall–Kier alpha value is -3.75. The number of hydrogen-bond acceptors (Lipinski definition) is 4. The third-order valence-corrected chi connectivity index (χ3v) is 5.81. The summed E-state index contributed by atoms with van der Waals surface area (Å²) in [6, 6.07) is 29.0. The average molecular weight is 483 g/mol. The van der Waals surface area contributed by atoms with Crippen LogP contribution in [0.1, 0.15) is 21.6 Å². The van der Waals surface area contributed by atoms with E-state index in [2.05, 4.69) is 27.0 Å². The van der Waals surface area contributed by atoms with Gasteiger partial charge in [0.05, 0.1) is 11.3 Å². The van der Waals surface area contributed by atoms with Crippen molar-refractivity contribution in [1.82, 2.24) is 4.98 Å². The van der Waals surface area contributed by atoms with Gasteiger partial charge in [0.25, 0.3) is 0 Å². The second kappa shape index (κ2) is 9.59. The van der Waals surface area contributed by atoms with Gasteiger partial charge in [0.1, 0.15) is 6.07 Å². The monoisotopic (exact) mass is 482 g/mol. The van der Waals surface area contributed by atoms with E-state index >= 15 is 0 Å². The fraction of sp³-hybridized carbons (Fsp3) is 0.0741. The maximum Gasteiger partial charge on any atom is 0.214 e. The molecule has 1 heterocycles. The summed E-state index contributed by atoms with van der Waals surface area (Å²) in [6.45, 7) is 1.62. The Morgan fingerprint density at radius 1 is 0.938 bits per heavy atom. The van der Waals surface area contributed by atoms with E-state index in [4.69, 9.17) is 4.74 Å². The molecule has 32 heavy (non-hydrogen) atoms. The van der Waals surface area contributed by atoms with Gasteiger partial charge in [-0.05, 0) is 29.7 Å². The molecule has 0 aliphatic heterocycles. The van der Waals surface area contributed by atoms with Crippen molar-refractivity contribution in [3.05, 3.63) is 106 Å². The number of benzene rings is 3. The number of ketones is 1. The minimum atomic E-state index is -0.143. The van der Waals surface area contributed by atoms with Gasteiger partial charge in [-0.3, -0.25) is 4.79 Å². The van der Waals surface area contributed by atoms with Crippen LogP contribution in [0.2, 0.25) is 0 Å². The predicted molar refractivity (Wildman–Crippen MR) is 129 cm³/mol. The molecule has 0 saturated carbocycles. The Morgan fingerprint density at radius 3 is 2.28 bits per heavy atom. The van der Waals surface area contributed by atoms with E-state index in [9.17, 15) is 10.1 Å². The fourth-order valence-corrected chi connectivity index (χ4v) is 3.95. The maximum absolute atomic E-state index is 12.7. The Bertz CT molecular complexity index is 1310. The van der Waals surface area contributed by atoms with Gasteiger partial charge >= 0.3 is 0 Å². The molecule has 0 bridgehead atoms. The number of carbonyl (C=O) groups excluding carboxylic acids is 1. The first-order chi connectivity index (χ1) is 15.6. The van der Waals surface area contributed by atoms with E-state index in [1.807, 2.05) is 66.7 Å². The third kappa shape index (κ3) is 4.61. The minimum Gasteiger partial charge on any atom is -0.469 e. The van der Waals surface area contributed by atoms with E-state index in [0.717, 1.165) is 21.2 Å². The first kappa shape index (κ1) is 21.5. The Morgan fingerprint density at radius 2 is 1.59 bits per heavy atom. The van der Waals surface area contributed by atoms with Crippen LogP contribution in [0.15, 0.2) is 89.4 Å². The van der Waals surface area contributed by atoms with Gasteiger partial charge in [0.2, 0.25) is 5.88 Å². The van der Waals surface area contributed by atoms with Crippen molar-refractivity contribution < 1.29 is 9.53 Å². The van der Waals surface area contributed by atoms with E-state index in [1.165, 1.54) is 0 Å². The largest absolute Gasteiger partial charge is 0.469 e. The van der Waals surface area contributed by atoms with Gasteiger partial charge in [-0.1, -0.05) is 88.7 Å². The predicted octanol–water partition coefficient (Wildman–Crippen LogP) is 6.62. The standard InChI is InChI=1S/C27H19BrN2O2/c1-18-24(16-29)23(22-9-5-6-10-25(22)28)15-27(30-18)32-17-26(31)21-13-11-20(12-14-21)19-7-3-2-4-8-19/h2-15H,17H2,1H3. The molecule has 4 rings (SSSR count). The third-order valence-electron chi connectivity index (χ3n) is 5.12. The SMILES string of the molecule is Cc1nc(OCC(=O)c2ccc(-c3ccccc3)cc2)cc(-c2ccccc2Br)c1C#N. The van der Waals surface area contributed by atoms with Crippen molar-refractivity contribution in [1.29, 1.82) is 5.26 Å². The molecule has 1 aromatic heterocycles. The molecule has 0 N–H and O–H groups in total. The molecule has 0 atom stereocenters. The van der Waals surface area contributed by atoms with Crippen molar-refractivity contribution >= 4 is 21.7 Å². The highest BCUT2D eigenvalue weighted by atomic mass is 79.9. The lowest BCUT2D eigenvalue weighted by Gasteiger charge is -2.12. The Balaban J connectivity index is 1.53. The van der Waals surface area contributed by atoms with Crippen LogP contribution in [0.4, 0.5) is 0 Å². The molecule has 0 aliphatic carbocycles. The number of aryl methyl sites for hydroxylation is 1. The molecule has 4 aromatic rings. The van der Waals surface area contributed by atoms with E-state index in [-0.39, 0.29) is 12.4 Å². The summed E-state index contributed by atoms with van der Waals surface area (Å²) in [5, 5.41) is 9.61. The van der Waals surface area contributed by atoms with Gasteiger partial charge in [-0.2, -0.15) is 5.26 Å². The van der Waals surface area contributed by atoms with E-state index in [1.54, 1.807) is 25.1 Å². The number of rotatable bonds is 6. The topological polar surface area (TPSA) is 63.0 Å². The molecular weight excluding hydrogens is 464 g/mol. The average Bonchev–Trinajstić information content (AvgIpc) is 2.83. The molecule has 3 aromatic carbocycles.